The summed E-state index contributed by atoms with van der Waals surface area (Å²) < 4.78 is 1.02. The molecule has 3 rings (SSSR count). The summed E-state index contributed by atoms with van der Waals surface area (Å²) in [7, 11) is 0. The van der Waals surface area contributed by atoms with E-state index < -0.39 is 0 Å². The predicted octanol–water partition coefficient (Wildman–Crippen LogP) is 5.22. The van der Waals surface area contributed by atoms with E-state index in [1.807, 2.05) is 60.8 Å². The minimum atomic E-state index is 0.268. The molecule has 0 aliphatic heterocycles. The van der Waals surface area contributed by atoms with Crippen molar-refractivity contribution in [3.05, 3.63) is 69.0 Å². The number of benzene rings is 2. The molecule has 1 N–H and O–H groups in total. The number of aromatic nitrogens is 1. The van der Waals surface area contributed by atoms with Gasteiger partial charge in [0.25, 0.3) is 0 Å². The Morgan fingerprint density at radius 1 is 1.17 bits per heavy atom. The standard InChI is InChI=1S/C18H13BrN4S/c1-12-2-8-15(9-3-12)22-23-16(10-20)18-21-17(11-24-18)13-4-6-14(19)7-5-13/h2-9,11,22H,1H3/b23-16+. The predicted molar refractivity (Wildman–Crippen MR) is 102 cm³/mol. The van der Waals surface area contributed by atoms with Gasteiger partial charge in [-0.15, -0.1) is 11.3 Å². The number of anilines is 1. The molecule has 24 heavy (non-hydrogen) atoms. The highest BCUT2D eigenvalue weighted by atomic mass is 79.9. The highest BCUT2D eigenvalue weighted by Crippen LogP contribution is 2.24. The van der Waals surface area contributed by atoms with Gasteiger partial charge in [0.1, 0.15) is 6.07 Å². The third-order valence-electron chi connectivity index (χ3n) is 3.30. The van der Waals surface area contributed by atoms with Crippen molar-refractivity contribution in [3.63, 3.8) is 0 Å². The van der Waals surface area contributed by atoms with Crippen molar-refractivity contribution in [3.8, 4) is 17.3 Å². The van der Waals surface area contributed by atoms with Gasteiger partial charge in [-0.2, -0.15) is 10.4 Å². The first-order valence-electron chi connectivity index (χ1n) is 7.18. The maximum absolute atomic E-state index is 9.36. The minimum Gasteiger partial charge on any atom is -0.277 e. The van der Waals surface area contributed by atoms with Crippen molar-refractivity contribution in [2.75, 3.05) is 5.43 Å². The molecule has 1 aromatic heterocycles. The summed E-state index contributed by atoms with van der Waals surface area (Å²) in [5, 5.41) is 16.1. The van der Waals surface area contributed by atoms with Crippen LogP contribution in [0.25, 0.3) is 11.3 Å². The fraction of sp³-hybridized carbons (Fsp3) is 0.0556. The minimum absolute atomic E-state index is 0.268. The highest BCUT2D eigenvalue weighted by Gasteiger charge is 2.10. The van der Waals surface area contributed by atoms with E-state index in [0.717, 1.165) is 21.4 Å². The van der Waals surface area contributed by atoms with Gasteiger partial charge in [-0.25, -0.2) is 4.98 Å². The van der Waals surface area contributed by atoms with Gasteiger partial charge in [-0.1, -0.05) is 45.8 Å². The van der Waals surface area contributed by atoms with Crippen LogP contribution in [0.15, 0.2) is 63.5 Å². The van der Waals surface area contributed by atoms with E-state index in [1.165, 1.54) is 16.9 Å². The third-order valence-corrected chi connectivity index (χ3v) is 4.68. The zero-order valence-corrected chi connectivity index (χ0v) is 15.2. The first kappa shape index (κ1) is 16.4. The average molecular weight is 397 g/mol. The number of nitrogens with zero attached hydrogens (tertiary/aromatic N) is 3. The quantitative estimate of drug-likeness (QED) is 0.485. The van der Waals surface area contributed by atoms with Gasteiger partial charge in [-0.3, -0.25) is 5.43 Å². The molecule has 0 aliphatic rings. The lowest BCUT2D eigenvalue weighted by Crippen LogP contribution is -2.01. The number of hydrogen-bond acceptors (Lipinski definition) is 5. The fourth-order valence-corrected chi connectivity index (χ4v) is 3.04. The summed E-state index contributed by atoms with van der Waals surface area (Å²) in [4.78, 5) is 4.52. The van der Waals surface area contributed by atoms with Crippen LogP contribution < -0.4 is 5.43 Å². The number of rotatable bonds is 4. The first-order valence-corrected chi connectivity index (χ1v) is 8.85. The van der Waals surface area contributed by atoms with Crippen LogP contribution in [0.1, 0.15) is 10.6 Å². The third kappa shape index (κ3) is 3.88. The van der Waals surface area contributed by atoms with Crippen LogP contribution in [0.5, 0.6) is 0 Å². The monoisotopic (exact) mass is 396 g/mol. The van der Waals surface area contributed by atoms with Gasteiger partial charge in [0, 0.05) is 15.4 Å². The van der Waals surface area contributed by atoms with E-state index in [1.54, 1.807) is 0 Å². The van der Waals surface area contributed by atoms with Crippen molar-refractivity contribution in [1.29, 1.82) is 5.26 Å². The molecule has 1 heterocycles. The van der Waals surface area contributed by atoms with Crippen LogP contribution >= 0.6 is 27.3 Å². The molecular weight excluding hydrogens is 384 g/mol. The summed E-state index contributed by atoms with van der Waals surface area (Å²) in [5.74, 6) is 0. The zero-order valence-electron chi connectivity index (χ0n) is 12.8. The van der Waals surface area contributed by atoms with Gasteiger partial charge in [0.2, 0.25) is 0 Å². The van der Waals surface area contributed by atoms with Gasteiger partial charge in [-0.05, 0) is 31.2 Å². The van der Waals surface area contributed by atoms with Gasteiger partial charge in [0.05, 0.1) is 11.4 Å². The molecule has 0 spiro atoms. The van der Waals surface area contributed by atoms with Crippen molar-refractivity contribution in [2.24, 2.45) is 5.10 Å². The van der Waals surface area contributed by atoms with Crippen LogP contribution in [-0.4, -0.2) is 10.7 Å². The molecule has 6 heteroatoms. The number of nitriles is 1. The van der Waals surface area contributed by atoms with Gasteiger partial charge in [0.15, 0.2) is 10.7 Å². The molecule has 2 aromatic carbocycles. The Labute approximate surface area is 152 Å². The summed E-state index contributed by atoms with van der Waals surface area (Å²) in [6.45, 7) is 2.02. The molecule has 0 atom stereocenters. The Hall–Kier alpha value is -2.49. The van der Waals surface area contributed by atoms with Crippen LogP contribution in [0.2, 0.25) is 0 Å². The maximum atomic E-state index is 9.36. The smallest absolute Gasteiger partial charge is 0.196 e. The normalized spacial score (nSPS) is 11.1. The second kappa shape index (κ2) is 7.39. The fourth-order valence-electron chi connectivity index (χ4n) is 2.00. The number of hydrazone groups is 1. The molecule has 0 amide bonds. The molecule has 0 fully saturated rings. The Morgan fingerprint density at radius 3 is 2.54 bits per heavy atom. The number of nitrogens with one attached hydrogen (secondary N) is 1. The Kier molecular flexibility index (Phi) is 5.04. The molecule has 0 radical (unpaired) electrons. The van der Waals surface area contributed by atoms with Crippen LogP contribution in [0.3, 0.4) is 0 Å². The first-order chi connectivity index (χ1) is 11.7. The molecule has 118 valence electrons. The lowest BCUT2D eigenvalue weighted by atomic mass is 10.2. The largest absolute Gasteiger partial charge is 0.277 e. The lowest BCUT2D eigenvalue weighted by molar-refractivity contribution is 1.30. The number of halogens is 1. The number of hydrogen-bond donors (Lipinski definition) is 1. The molecule has 0 bridgehead atoms. The van der Waals surface area contributed by atoms with Crippen LogP contribution in [-0.2, 0) is 0 Å². The van der Waals surface area contributed by atoms with E-state index in [2.05, 4.69) is 37.5 Å². The lowest BCUT2D eigenvalue weighted by Gasteiger charge is -2.01. The zero-order chi connectivity index (χ0) is 16.9. The summed E-state index contributed by atoms with van der Waals surface area (Å²) in [6.07, 6.45) is 0. The van der Waals surface area contributed by atoms with Gasteiger partial charge >= 0.3 is 0 Å². The molecule has 0 saturated heterocycles. The van der Waals surface area contributed by atoms with Crippen LogP contribution in [0, 0.1) is 18.3 Å². The second-order valence-electron chi connectivity index (χ2n) is 5.09. The summed E-state index contributed by atoms with van der Waals surface area (Å²) in [5.41, 5.74) is 7.01. The van der Waals surface area contributed by atoms with E-state index in [-0.39, 0.29) is 5.71 Å². The Balaban J connectivity index is 1.81. The molecule has 3 aromatic rings. The maximum Gasteiger partial charge on any atom is 0.196 e. The molecule has 0 unspecified atom stereocenters. The molecule has 4 nitrogen and oxygen atoms in total. The topological polar surface area (TPSA) is 61.1 Å². The van der Waals surface area contributed by atoms with Crippen molar-refractivity contribution in [1.82, 2.24) is 4.98 Å². The SMILES string of the molecule is Cc1ccc(N/N=C(\C#N)c2nc(-c3ccc(Br)cc3)cs2)cc1. The number of aryl methyl sites for hydroxylation is 1. The van der Waals surface area contributed by atoms with Crippen LogP contribution in [0.4, 0.5) is 5.69 Å². The number of thiazole rings is 1. The Morgan fingerprint density at radius 2 is 1.88 bits per heavy atom. The summed E-state index contributed by atoms with van der Waals surface area (Å²) in [6, 6.07) is 17.8. The van der Waals surface area contributed by atoms with Crippen molar-refractivity contribution >= 4 is 38.7 Å². The Bertz CT molecular complexity index is 905. The van der Waals surface area contributed by atoms with E-state index >= 15 is 0 Å². The average Bonchev–Trinajstić information content (AvgIpc) is 3.08. The van der Waals surface area contributed by atoms with E-state index in [0.29, 0.717) is 5.01 Å². The van der Waals surface area contributed by atoms with E-state index in [4.69, 9.17) is 0 Å². The second-order valence-corrected chi connectivity index (χ2v) is 6.87. The van der Waals surface area contributed by atoms with Crippen molar-refractivity contribution in [2.45, 2.75) is 6.92 Å². The van der Waals surface area contributed by atoms with Crippen molar-refractivity contribution < 1.29 is 0 Å². The van der Waals surface area contributed by atoms with Gasteiger partial charge < -0.3 is 0 Å². The molecule has 0 aliphatic carbocycles. The molecule has 0 saturated carbocycles. The molecular formula is C18H13BrN4S. The highest BCUT2D eigenvalue weighted by molar-refractivity contribution is 9.10. The van der Waals surface area contributed by atoms with E-state index in [9.17, 15) is 5.26 Å². The summed E-state index contributed by atoms with van der Waals surface area (Å²) >= 11 is 4.82.